The lowest BCUT2D eigenvalue weighted by Crippen LogP contribution is -2.15. The van der Waals surface area contributed by atoms with E-state index in [4.69, 9.17) is 10.5 Å². The number of carbonyl (C=O) groups excluding carboxylic acids is 1. The summed E-state index contributed by atoms with van der Waals surface area (Å²) in [6.07, 6.45) is 4.78. The quantitative estimate of drug-likeness (QED) is 0.250. The summed E-state index contributed by atoms with van der Waals surface area (Å²) in [5.74, 6) is 0.299. The normalized spacial score (nSPS) is 11.6. The molecule has 184 valence electrons. The highest BCUT2D eigenvalue weighted by Crippen LogP contribution is 2.31. The van der Waals surface area contributed by atoms with Gasteiger partial charge in [-0.1, -0.05) is 48.2 Å². The number of amides is 1. The van der Waals surface area contributed by atoms with E-state index in [-0.39, 0.29) is 18.1 Å². The van der Waals surface area contributed by atoms with Crippen LogP contribution in [0.3, 0.4) is 0 Å². The highest BCUT2D eigenvalue weighted by atomic mass is 35.5. The molecule has 1 atom stereocenters. The van der Waals surface area contributed by atoms with Crippen LogP contribution in [-0.2, 0) is 19.6 Å². The number of rotatable bonds is 12. The van der Waals surface area contributed by atoms with E-state index in [2.05, 4.69) is 52.8 Å². The van der Waals surface area contributed by atoms with Crippen LogP contribution in [0.15, 0.2) is 87.7 Å². The summed E-state index contributed by atoms with van der Waals surface area (Å²) in [4.78, 5) is 16.3. The number of aromatic nitrogens is 2. The second kappa shape index (κ2) is 13.3. The third-order valence-electron chi connectivity index (χ3n) is 5.29. The number of imidazole rings is 1. The van der Waals surface area contributed by atoms with E-state index in [9.17, 15) is 9.90 Å². The summed E-state index contributed by atoms with van der Waals surface area (Å²) in [5, 5.41) is 12.4. The molecule has 0 bridgehead atoms. The summed E-state index contributed by atoms with van der Waals surface area (Å²) >= 11 is 3.51. The molecule has 0 aliphatic rings. The van der Waals surface area contributed by atoms with Gasteiger partial charge in [-0.05, 0) is 60.0 Å². The fourth-order valence-corrected chi connectivity index (χ4v) is 5.30. The van der Waals surface area contributed by atoms with Gasteiger partial charge >= 0.3 is 0 Å². The van der Waals surface area contributed by atoms with Crippen LogP contribution in [0, 0.1) is 0 Å². The zero-order valence-corrected chi connectivity index (χ0v) is 21.5. The minimum atomic E-state index is -0.571. The van der Waals surface area contributed by atoms with Crippen LogP contribution in [0.2, 0.25) is 0 Å². The lowest BCUT2D eigenvalue weighted by molar-refractivity contribution is 0.0995. The van der Waals surface area contributed by atoms with Crippen LogP contribution in [0.5, 0.6) is 5.75 Å². The second-order valence-corrected chi connectivity index (χ2v) is 10.3. The van der Waals surface area contributed by atoms with Crippen molar-refractivity contribution in [2.75, 3.05) is 0 Å². The Morgan fingerprint density at radius 2 is 1.94 bits per heavy atom. The number of benzene rings is 2. The standard InChI is InChI=1S/C26H27N3O3S2.ClH/c27-26(31)23-16-29(18-28-23)15-21(30)7-3-6-20-5-1-2-8-24(20)32-17-19-10-12-22(13-11-19)34-25-9-4-14-33-25;/h1-2,4-5,8-14,16,18,21,30H,3,6-7,15,17H2,(H2,27,31);1H. The number of nitrogens with zero attached hydrogens (tertiary/aromatic N) is 2. The molecular formula is C26H28ClN3O3S2. The number of aliphatic hydroxyl groups excluding tert-OH is 1. The molecule has 0 fully saturated rings. The van der Waals surface area contributed by atoms with Crippen LogP contribution >= 0.6 is 35.5 Å². The highest BCUT2D eigenvalue weighted by Gasteiger charge is 2.10. The van der Waals surface area contributed by atoms with Gasteiger partial charge in [-0.2, -0.15) is 0 Å². The first-order valence-electron chi connectivity index (χ1n) is 11.1. The third kappa shape index (κ3) is 8.14. The van der Waals surface area contributed by atoms with Gasteiger partial charge in [0.1, 0.15) is 18.1 Å². The molecule has 0 spiro atoms. The first-order valence-corrected chi connectivity index (χ1v) is 12.8. The Hall–Kier alpha value is -2.78. The predicted octanol–water partition coefficient (Wildman–Crippen LogP) is 5.58. The van der Waals surface area contributed by atoms with E-state index in [0.717, 1.165) is 29.7 Å². The molecule has 4 aromatic rings. The molecule has 0 radical (unpaired) electrons. The van der Waals surface area contributed by atoms with E-state index in [1.165, 1.54) is 15.4 Å². The minimum absolute atomic E-state index is 0. The molecule has 1 amide bonds. The smallest absolute Gasteiger partial charge is 0.268 e. The Balaban J connectivity index is 0.00000342. The molecule has 2 aromatic carbocycles. The zero-order chi connectivity index (χ0) is 23.8. The molecule has 1 unspecified atom stereocenters. The number of thiophene rings is 1. The number of para-hydroxylation sites is 1. The van der Waals surface area contributed by atoms with E-state index in [0.29, 0.717) is 19.6 Å². The monoisotopic (exact) mass is 529 g/mol. The molecule has 2 heterocycles. The van der Waals surface area contributed by atoms with Crippen molar-refractivity contribution in [3.05, 3.63) is 95.4 Å². The van der Waals surface area contributed by atoms with Crippen LogP contribution in [0.1, 0.15) is 34.5 Å². The average Bonchev–Trinajstić information content (AvgIpc) is 3.52. The second-order valence-electron chi connectivity index (χ2n) is 7.94. The minimum Gasteiger partial charge on any atom is -0.489 e. The zero-order valence-electron chi connectivity index (χ0n) is 19.1. The molecule has 4 rings (SSSR count). The van der Waals surface area contributed by atoms with Crippen molar-refractivity contribution in [1.82, 2.24) is 9.55 Å². The summed E-state index contributed by atoms with van der Waals surface area (Å²) in [5.41, 5.74) is 7.67. The third-order valence-corrected chi connectivity index (χ3v) is 7.34. The Bertz CT molecular complexity index is 1200. The number of ether oxygens (including phenoxy) is 1. The number of carbonyl (C=O) groups is 1. The number of nitrogens with two attached hydrogens (primary N) is 1. The topological polar surface area (TPSA) is 90.4 Å². The van der Waals surface area contributed by atoms with Gasteiger partial charge < -0.3 is 20.1 Å². The first-order chi connectivity index (χ1) is 16.6. The Kier molecular flexibility index (Phi) is 10.2. The van der Waals surface area contributed by atoms with E-state index in [1.807, 2.05) is 18.2 Å². The Labute approximate surface area is 219 Å². The summed E-state index contributed by atoms with van der Waals surface area (Å²) in [6.45, 7) is 0.881. The largest absolute Gasteiger partial charge is 0.489 e. The highest BCUT2D eigenvalue weighted by molar-refractivity contribution is 8.01. The lowest BCUT2D eigenvalue weighted by Gasteiger charge is -2.14. The van der Waals surface area contributed by atoms with Crippen LogP contribution < -0.4 is 10.5 Å². The van der Waals surface area contributed by atoms with Crippen molar-refractivity contribution in [3.63, 3.8) is 0 Å². The van der Waals surface area contributed by atoms with Gasteiger partial charge in [0.2, 0.25) is 0 Å². The van der Waals surface area contributed by atoms with Gasteiger partial charge in [-0.25, -0.2) is 4.98 Å². The van der Waals surface area contributed by atoms with Crippen molar-refractivity contribution in [3.8, 4) is 5.75 Å². The van der Waals surface area contributed by atoms with Crippen molar-refractivity contribution >= 4 is 41.4 Å². The fourth-order valence-electron chi connectivity index (χ4n) is 3.55. The molecule has 3 N–H and O–H groups in total. The van der Waals surface area contributed by atoms with Gasteiger partial charge in [0.25, 0.3) is 5.91 Å². The maximum Gasteiger partial charge on any atom is 0.268 e. The molecule has 2 aromatic heterocycles. The van der Waals surface area contributed by atoms with Gasteiger partial charge in [0.15, 0.2) is 0 Å². The van der Waals surface area contributed by atoms with Crippen molar-refractivity contribution in [1.29, 1.82) is 0 Å². The van der Waals surface area contributed by atoms with Gasteiger partial charge in [-0.3, -0.25) is 4.79 Å². The molecule has 0 saturated heterocycles. The molecule has 0 aliphatic heterocycles. The number of halogens is 1. The molecule has 6 nitrogen and oxygen atoms in total. The Morgan fingerprint density at radius 1 is 1.14 bits per heavy atom. The number of primary amides is 1. The van der Waals surface area contributed by atoms with Gasteiger partial charge in [0, 0.05) is 17.6 Å². The average molecular weight is 530 g/mol. The fraction of sp³-hybridized carbons (Fsp3) is 0.231. The number of hydrogen-bond donors (Lipinski definition) is 2. The molecular weight excluding hydrogens is 502 g/mol. The lowest BCUT2D eigenvalue weighted by atomic mass is 10.0. The molecule has 0 saturated carbocycles. The molecule has 0 aliphatic carbocycles. The number of aryl methyl sites for hydroxylation is 1. The van der Waals surface area contributed by atoms with Gasteiger partial charge in [-0.15, -0.1) is 23.7 Å². The maximum absolute atomic E-state index is 11.1. The van der Waals surface area contributed by atoms with Crippen LogP contribution in [-0.4, -0.2) is 26.7 Å². The molecule has 35 heavy (non-hydrogen) atoms. The van der Waals surface area contributed by atoms with Crippen LogP contribution in [0.25, 0.3) is 0 Å². The van der Waals surface area contributed by atoms with Gasteiger partial charge in [0.05, 0.1) is 16.6 Å². The summed E-state index contributed by atoms with van der Waals surface area (Å²) < 4.78 is 9.09. The summed E-state index contributed by atoms with van der Waals surface area (Å²) in [7, 11) is 0. The SMILES string of the molecule is Cl.NC(=O)c1cn(CC(O)CCCc2ccccc2OCc2ccc(Sc3cccs3)cc2)cn1. The number of aliphatic hydroxyl groups is 1. The first kappa shape index (κ1) is 26.8. The maximum atomic E-state index is 11.1. The van der Waals surface area contributed by atoms with Crippen LogP contribution in [0.4, 0.5) is 0 Å². The van der Waals surface area contributed by atoms with Crippen molar-refractivity contribution < 1.29 is 14.6 Å². The molecule has 9 heteroatoms. The number of hydrogen-bond acceptors (Lipinski definition) is 6. The predicted molar refractivity (Wildman–Crippen MR) is 143 cm³/mol. The van der Waals surface area contributed by atoms with E-state index in [1.54, 1.807) is 33.9 Å². The summed E-state index contributed by atoms with van der Waals surface area (Å²) in [6, 6.07) is 20.7. The van der Waals surface area contributed by atoms with Crippen molar-refractivity contribution in [2.24, 2.45) is 5.73 Å². The van der Waals surface area contributed by atoms with E-state index < -0.39 is 12.0 Å². The van der Waals surface area contributed by atoms with Crippen molar-refractivity contribution in [2.45, 2.75) is 47.6 Å². The Morgan fingerprint density at radius 3 is 2.66 bits per heavy atom. The van der Waals surface area contributed by atoms with E-state index >= 15 is 0 Å².